The average Bonchev–Trinajstić information content (AvgIpc) is 2.79. The molecule has 1 aliphatic rings. The molecule has 1 amide bonds. The predicted molar refractivity (Wildman–Crippen MR) is 117 cm³/mol. The first-order valence-corrected chi connectivity index (χ1v) is 11.8. The topological polar surface area (TPSA) is 128 Å². The van der Waals surface area contributed by atoms with Crippen LogP contribution in [0.15, 0.2) is 47.4 Å². The molecule has 0 bridgehead atoms. The highest BCUT2D eigenvalue weighted by Crippen LogP contribution is 2.25. The summed E-state index contributed by atoms with van der Waals surface area (Å²) in [5.74, 6) is 0.119. The van der Waals surface area contributed by atoms with E-state index in [9.17, 15) is 23.3 Å². The zero-order chi connectivity index (χ0) is 23.3. The zero-order valence-electron chi connectivity index (χ0n) is 17.8. The van der Waals surface area contributed by atoms with Crippen molar-refractivity contribution in [1.29, 1.82) is 0 Å². The van der Waals surface area contributed by atoms with Gasteiger partial charge in [0.15, 0.2) is 9.84 Å². The van der Waals surface area contributed by atoms with Gasteiger partial charge in [-0.05, 0) is 23.8 Å². The Morgan fingerprint density at radius 3 is 2.44 bits per heavy atom. The molecule has 11 heteroatoms. The quantitative estimate of drug-likeness (QED) is 0.464. The number of non-ortho nitro benzene ring substituents is 1. The number of nitro benzene ring substituents is 1. The summed E-state index contributed by atoms with van der Waals surface area (Å²) in [5.41, 5.74) is 0.414. The molecule has 0 spiro atoms. The number of morpholine rings is 1. The Balaban J connectivity index is 1.84. The summed E-state index contributed by atoms with van der Waals surface area (Å²) in [6.07, 6.45) is 0.936. The van der Waals surface area contributed by atoms with Crippen LogP contribution in [0.2, 0.25) is 0 Å². The van der Waals surface area contributed by atoms with Crippen LogP contribution in [0.4, 0.5) is 5.69 Å². The van der Waals surface area contributed by atoms with Crippen LogP contribution < -0.4 is 10.1 Å². The number of sulfone groups is 1. The second kappa shape index (κ2) is 10.1. The molecule has 1 fully saturated rings. The molecule has 1 saturated heterocycles. The summed E-state index contributed by atoms with van der Waals surface area (Å²) in [4.78, 5) is 25.2. The fourth-order valence-electron chi connectivity index (χ4n) is 3.50. The van der Waals surface area contributed by atoms with Gasteiger partial charge in [0.05, 0.1) is 36.2 Å². The number of rotatable bonds is 8. The number of hydrogen-bond donors (Lipinski definition) is 1. The lowest BCUT2D eigenvalue weighted by atomic mass is 10.0. The third-order valence-corrected chi connectivity index (χ3v) is 6.33. The number of amides is 1. The van der Waals surface area contributed by atoms with Crippen molar-refractivity contribution in [3.05, 3.63) is 63.7 Å². The maximum absolute atomic E-state index is 12.8. The third-order valence-electron chi connectivity index (χ3n) is 5.24. The number of hydrogen-bond acceptors (Lipinski definition) is 8. The molecule has 3 rings (SSSR count). The van der Waals surface area contributed by atoms with Gasteiger partial charge in [-0.2, -0.15) is 0 Å². The summed E-state index contributed by atoms with van der Waals surface area (Å²) in [7, 11) is -2.15. The fraction of sp³-hybridized carbons (Fsp3) is 0.381. The SMILES string of the molecule is COc1ccc(C(CNC(=O)c2cc([N+](=O)[O-])cc(S(C)(=O)=O)c2)N2CCOCC2)cc1. The Bertz CT molecular complexity index is 1080. The third kappa shape index (κ3) is 5.81. The maximum Gasteiger partial charge on any atom is 0.271 e. The Morgan fingerprint density at radius 2 is 1.88 bits per heavy atom. The molecule has 1 heterocycles. The van der Waals surface area contributed by atoms with Crippen LogP contribution in [0.25, 0.3) is 0 Å². The first kappa shape index (κ1) is 23.6. The van der Waals surface area contributed by atoms with Gasteiger partial charge < -0.3 is 14.8 Å². The van der Waals surface area contributed by atoms with Gasteiger partial charge in [0.1, 0.15) is 5.75 Å². The molecule has 1 unspecified atom stereocenters. The van der Waals surface area contributed by atoms with E-state index in [1.165, 1.54) is 0 Å². The summed E-state index contributed by atoms with van der Waals surface area (Å²) >= 11 is 0. The highest BCUT2D eigenvalue weighted by atomic mass is 32.2. The smallest absolute Gasteiger partial charge is 0.271 e. The lowest BCUT2D eigenvalue weighted by Gasteiger charge is -2.35. The second-order valence-corrected chi connectivity index (χ2v) is 9.41. The molecule has 0 radical (unpaired) electrons. The number of nitro groups is 1. The summed E-state index contributed by atoms with van der Waals surface area (Å²) in [6, 6.07) is 10.5. The Hall–Kier alpha value is -3.02. The Kier molecular flexibility index (Phi) is 7.44. The van der Waals surface area contributed by atoms with Crippen LogP contribution in [0, 0.1) is 10.1 Å². The van der Waals surface area contributed by atoms with E-state index in [-0.39, 0.29) is 23.0 Å². The molecule has 1 atom stereocenters. The van der Waals surface area contributed by atoms with Crippen LogP contribution in [-0.2, 0) is 14.6 Å². The first-order chi connectivity index (χ1) is 15.2. The van der Waals surface area contributed by atoms with Crippen molar-refractivity contribution in [3.8, 4) is 5.75 Å². The lowest BCUT2D eigenvalue weighted by Crippen LogP contribution is -2.43. The summed E-state index contributed by atoms with van der Waals surface area (Å²) in [5, 5.41) is 14.0. The molecular weight excluding hydrogens is 438 g/mol. The van der Waals surface area contributed by atoms with Gasteiger partial charge in [-0.1, -0.05) is 12.1 Å². The van der Waals surface area contributed by atoms with Gasteiger partial charge in [-0.25, -0.2) is 8.42 Å². The van der Waals surface area contributed by atoms with Gasteiger partial charge in [-0.15, -0.1) is 0 Å². The van der Waals surface area contributed by atoms with Crippen molar-refractivity contribution in [2.75, 3.05) is 46.2 Å². The number of ether oxygens (including phenoxy) is 2. The van der Waals surface area contributed by atoms with Crippen molar-refractivity contribution in [3.63, 3.8) is 0 Å². The normalized spacial score (nSPS) is 15.7. The van der Waals surface area contributed by atoms with E-state index in [2.05, 4.69) is 10.2 Å². The number of carbonyl (C=O) groups excluding carboxylic acids is 1. The van der Waals surface area contributed by atoms with Crippen molar-refractivity contribution < 1.29 is 27.6 Å². The minimum atomic E-state index is -3.73. The Labute approximate surface area is 186 Å². The van der Waals surface area contributed by atoms with Crippen LogP contribution >= 0.6 is 0 Å². The predicted octanol–water partition coefficient (Wildman–Crippen LogP) is 1.81. The van der Waals surface area contributed by atoms with E-state index in [1.807, 2.05) is 24.3 Å². The molecule has 10 nitrogen and oxygen atoms in total. The lowest BCUT2D eigenvalue weighted by molar-refractivity contribution is -0.385. The van der Waals surface area contributed by atoms with E-state index in [4.69, 9.17) is 9.47 Å². The van der Waals surface area contributed by atoms with E-state index in [0.717, 1.165) is 30.0 Å². The van der Waals surface area contributed by atoms with Gasteiger partial charge in [0.25, 0.3) is 11.6 Å². The molecule has 1 N–H and O–H groups in total. The fourth-order valence-corrected chi connectivity index (χ4v) is 4.17. The molecule has 32 heavy (non-hydrogen) atoms. The zero-order valence-corrected chi connectivity index (χ0v) is 18.6. The van der Waals surface area contributed by atoms with Gasteiger partial charge in [-0.3, -0.25) is 19.8 Å². The number of nitrogens with zero attached hydrogens (tertiary/aromatic N) is 2. The van der Waals surface area contributed by atoms with Crippen molar-refractivity contribution in [2.24, 2.45) is 0 Å². The van der Waals surface area contributed by atoms with E-state index >= 15 is 0 Å². The Morgan fingerprint density at radius 1 is 1.22 bits per heavy atom. The van der Waals surface area contributed by atoms with Crippen LogP contribution in [0.5, 0.6) is 5.75 Å². The van der Waals surface area contributed by atoms with Gasteiger partial charge in [0.2, 0.25) is 0 Å². The van der Waals surface area contributed by atoms with Crippen molar-refractivity contribution >= 4 is 21.4 Å². The largest absolute Gasteiger partial charge is 0.497 e. The van der Waals surface area contributed by atoms with Crippen LogP contribution in [-0.4, -0.2) is 70.4 Å². The standard InChI is InChI=1S/C21H25N3O7S/c1-30-18-5-3-15(4-6-18)20(23-7-9-31-10-8-23)14-22-21(25)16-11-17(24(26)27)13-19(12-16)32(2,28)29/h3-6,11-13,20H,7-10,14H2,1-2H3,(H,22,25). The summed E-state index contributed by atoms with van der Waals surface area (Å²) in [6.45, 7) is 2.73. The van der Waals surface area contributed by atoms with Gasteiger partial charge in [0, 0.05) is 43.6 Å². The molecule has 0 aromatic heterocycles. The minimum Gasteiger partial charge on any atom is -0.497 e. The minimum absolute atomic E-state index is 0.0879. The van der Waals surface area contributed by atoms with Crippen LogP contribution in [0.3, 0.4) is 0 Å². The molecule has 2 aromatic rings. The number of methoxy groups -OCH3 is 1. The maximum atomic E-state index is 12.8. The second-order valence-electron chi connectivity index (χ2n) is 7.39. The molecule has 0 saturated carbocycles. The molecule has 1 aliphatic heterocycles. The molecule has 172 valence electrons. The van der Waals surface area contributed by atoms with Crippen LogP contribution in [0.1, 0.15) is 22.0 Å². The summed E-state index contributed by atoms with van der Waals surface area (Å²) < 4.78 is 34.5. The van der Waals surface area contributed by atoms with Crippen molar-refractivity contribution in [1.82, 2.24) is 10.2 Å². The molecular formula is C21H25N3O7S. The number of benzene rings is 2. The van der Waals surface area contributed by atoms with Gasteiger partial charge >= 0.3 is 0 Å². The highest BCUT2D eigenvalue weighted by Gasteiger charge is 2.25. The van der Waals surface area contributed by atoms with Crippen molar-refractivity contribution in [2.45, 2.75) is 10.9 Å². The molecule has 0 aliphatic carbocycles. The highest BCUT2D eigenvalue weighted by molar-refractivity contribution is 7.90. The number of carbonyl (C=O) groups is 1. The first-order valence-electron chi connectivity index (χ1n) is 9.92. The van der Waals surface area contributed by atoms with E-state index in [1.54, 1.807) is 7.11 Å². The number of nitrogens with one attached hydrogen (secondary N) is 1. The average molecular weight is 464 g/mol. The monoisotopic (exact) mass is 463 g/mol. The van der Waals surface area contributed by atoms with E-state index in [0.29, 0.717) is 32.1 Å². The van der Waals surface area contributed by atoms with E-state index < -0.39 is 26.4 Å². The molecule has 2 aromatic carbocycles.